The molecule has 0 saturated carbocycles. The first-order valence-electron chi connectivity index (χ1n) is 13.2. The largest absolute Gasteiger partial charge is 0.370 e. The van der Waals surface area contributed by atoms with Crippen LogP contribution in [-0.2, 0) is 14.4 Å². The molecule has 6 N–H and O–H groups in total. The van der Waals surface area contributed by atoms with Gasteiger partial charge in [-0.2, -0.15) is 0 Å². The first-order chi connectivity index (χ1) is 19.1. The number of hydrogen-bond acceptors (Lipinski definition) is 7. The minimum Gasteiger partial charge on any atom is -0.370 e. The van der Waals surface area contributed by atoms with Crippen LogP contribution in [0.1, 0.15) is 49.3 Å². The van der Waals surface area contributed by atoms with Gasteiger partial charge in [-0.1, -0.05) is 44.2 Å². The van der Waals surface area contributed by atoms with Gasteiger partial charge in [0.25, 0.3) is 5.91 Å². The van der Waals surface area contributed by atoms with Crippen molar-refractivity contribution in [1.29, 1.82) is 0 Å². The average molecular weight is 574 g/mol. The fraction of sp³-hybridized carbons (Fsp3) is 0.481. The van der Waals surface area contributed by atoms with E-state index in [4.69, 9.17) is 11.5 Å². The third kappa shape index (κ3) is 8.07. The third-order valence-electron chi connectivity index (χ3n) is 6.60. The number of guanidine groups is 1. The number of aliphatic imine (C=N–C) groups is 1. The second-order valence-electron chi connectivity index (χ2n) is 9.89. The summed E-state index contributed by atoms with van der Waals surface area (Å²) in [7, 11) is 0. The second-order valence-corrected chi connectivity index (χ2v) is 10.9. The summed E-state index contributed by atoms with van der Waals surface area (Å²) in [5, 5.41) is 5.62. The van der Waals surface area contributed by atoms with E-state index in [-0.39, 0.29) is 29.9 Å². The smallest absolute Gasteiger partial charge is 0.280 e. The van der Waals surface area contributed by atoms with E-state index in [1.807, 2.05) is 30.3 Å². The molecule has 3 amide bonds. The maximum Gasteiger partial charge on any atom is 0.280 e. The number of nitrogens with zero attached hydrogens (tertiary/aromatic N) is 3. The Morgan fingerprint density at radius 2 is 1.90 bits per heavy atom. The van der Waals surface area contributed by atoms with Crippen molar-refractivity contribution in [3.8, 4) is 10.4 Å². The number of amides is 3. The zero-order valence-electron chi connectivity index (χ0n) is 22.6. The van der Waals surface area contributed by atoms with Gasteiger partial charge in [-0.15, -0.1) is 11.3 Å². The highest BCUT2D eigenvalue weighted by Crippen LogP contribution is 2.26. The summed E-state index contributed by atoms with van der Waals surface area (Å²) in [6.45, 7) is 2.92. The van der Waals surface area contributed by atoms with Gasteiger partial charge in [-0.25, -0.2) is 9.37 Å². The van der Waals surface area contributed by atoms with E-state index in [0.717, 1.165) is 10.4 Å². The molecule has 40 heavy (non-hydrogen) atoms. The molecule has 3 rings (SSSR count). The van der Waals surface area contributed by atoms with Crippen LogP contribution in [0.5, 0.6) is 0 Å². The molecule has 0 unspecified atom stereocenters. The quantitative estimate of drug-likeness (QED) is 0.160. The highest BCUT2D eigenvalue weighted by Gasteiger charge is 2.39. The van der Waals surface area contributed by atoms with Crippen LogP contribution in [0.3, 0.4) is 0 Å². The van der Waals surface area contributed by atoms with Gasteiger partial charge in [-0.05, 0) is 37.2 Å². The first-order valence-corrected chi connectivity index (χ1v) is 14.0. The number of rotatable bonds is 13. The number of carbonyl (C=O) groups excluding carboxylic acids is 4. The van der Waals surface area contributed by atoms with Crippen LogP contribution in [0.4, 0.5) is 4.39 Å². The zero-order valence-corrected chi connectivity index (χ0v) is 23.5. The number of ketones is 1. The van der Waals surface area contributed by atoms with Gasteiger partial charge in [0, 0.05) is 19.3 Å². The normalized spacial score (nSPS) is 16.3. The van der Waals surface area contributed by atoms with E-state index in [9.17, 15) is 23.6 Å². The number of hydrogen-bond donors (Lipinski definition) is 4. The highest BCUT2D eigenvalue weighted by molar-refractivity contribution is 7.17. The van der Waals surface area contributed by atoms with Crippen molar-refractivity contribution in [3.05, 3.63) is 41.5 Å². The number of thiazole rings is 1. The molecule has 0 bridgehead atoms. The number of benzene rings is 1. The second kappa shape index (κ2) is 14.5. The fourth-order valence-electron chi connectivity index (χ4n) is 4.49. The molecule has 1 aliphatic rings. The van der Waals surface area contributed by atoms with Gasteiger partial charge in [0.15, 0.2) is 16.8 Å². The third-order valence-corrected chi connectivity index (χ3v) is 7.64. The number of alkyl halides is 1. The molecule has 13 heteroatoms. The van der Waals surface area contributed by atoms with Gasteiger partial charge in [0.2, 0.25) is 11.8 Å². The Bertz CT molecular complexity index is 1220. The summed E-state index contributed by atoms with van der Waals surface area (Å²) in [4.78, 5) is 62.3. The number of likely N-dealkylation sites (tertiary alicyclic amines) is 1. The number of nitrogens with two attached hydrogens (primary N) is 2. The van der Waals surface area contributed by atoms with Gasteiger partial charge in [-0.3, -0.25) is 24.2 Å². The molecule has 2 heterocycles. The Balaban J connectivity index is 1.67. The number of Topliss-reactive ketones (excluding diaryl/α,β-unsaturated/α-hetero) is 1. The molecule has 1 aromatic carbocycles. The van der Waals surface area contributed by atoms with Gasteiger partial charge in [0.1, 0.15) is 18.8 Å². The lowest BCUT2D eigenvalue weighted by Gasteiger charge is -2.31. The molecular weight excluding hydrogens is 537 g/mol. The topological polar surface area (TPSA) is 173 Å². The summed E-state index contributed by atoms with van der Waals surface area (Å²) < 4.78 is 13.2. The average Bonchev–Trinajstić information content (AvgIpc) is 3.63. The molecular formula is C27H36FN7O4S. The van der Waals surface area contributed by atoms with E-state index < -0.39 is 48.3 Å². The van der Waals surface area contributed by atoms with Gasteiger partial charge < -0.3 is 27.0 Å². The molecule has 0 aliphatic carbocycles. The number of halogens is 1. The maximum atomic E-state index is 13.6. The van der Waals surface area contributed by atoms with Gasteiger partial charge in [0.05, 0.1) is 10.9 Å². The van der Waals surface area contributed by atoms with Crippen molar-refractivity contribution in [3.63, 3.8) is 0 Å². The lowest BCUT2D eigenvalue weighted by Crippen LogP contribution is -2.56. The molecule has 2 aromatic rings. The van der Waals surface area contributed by atoms with Crippen molar-refractivity contribution < 1.29 is 23.6 Å². The Labute approximate surface area is 236 Å². The molecule has 3 atom stereocenters. The van der Waals surface area contributed by atoms with E-state index in [0.29, 0.717) is 25.8 Å². The first kappa shape index (κ1) is 30.7. The SMILES string of the molecule is CC(C)[C@H](NC(=O)c1ncc(-c2ccccc2)s1)C(=O)N1CCC[C@H]1C(=O)N[C@@H](CCCN=C(N)N)C(=O)CF. The fourth-order valence-corrected chi connectivity index (χ4v) is 5.32. The Morgan fingerprint density at radius 1 is 1.18 bits per heavy atom. The van der Waals surface area contributed by atoms with Crippen LogP contribution in [0, 0.1) is 5.92 Å². The van der Waals surface area contributed by atoms with Crippen LogP contribution in [0.25, 0.3) is 10.4 Å². The molecule has 0 radical (unpaired) electrons. The predicted octanol–water partition coefficient (Wildman–Crippen LogP) is 1.63. The molecule has 0 spiro atoms. The van der Waals surface area contributed by atoms with Crippen LogP contribution in [0.15, 0.2) is 41.5 Å². The number of carbonyl (C=O) groups is 4. The predicted molar refractivity (Wildman–Crippen MR) is 151 cm³/mol. The summed E-state index contributed by atoms with van der Waals surface area (Å²) in [5.74, 6) is -2.56. The Kier molecular flexibility index (Phi) is 11.1. The van der Waals surface area contributed by atoms with Crippen LogP contribution in [0.2, 0.25) is 0 Å². The van der Waals surface area contributed by atoms with Crippen molar-refractivity contribution >= 4 is 40.8 Å². The molecule has 1 aliphatic heterocycles. The Morgan fingerprint density at radius 3 is 2.55 bits per heavy atom. The van der Waals surface area contributed by atoms with Crippen molar-refractivity contribution in [2.75, 3.05) is 19.8 Å². The number of nitrogens with one attached hydrogen (secondary N) is 2. The van der Waals surface area contributed by atoms with E-state index in [2.05, 4.69) is 20.6 Å². The summed E-state index contributed by atoms with van der Waals surface area (Å²) in [5.41, 5.74) is 11.5. The van der Waals surface area contributed by atoms with E-state index >= 15 is 0 Å². The van der Waals surface area contributed by atoms with Crippen molar-refractivity contribution in [2.45, 2.75) is 57.7 Å². The zero-order chi connectivity index (χ0) is 29.2. The summed E-state index contributed by atoms with van der Waals surface area (Å²) in [6, 6.07) is 6.73. The summed E-state index contributed by atoms with van der Waals surface area (Å²) >= 11 is 1.22. The summed E-state index contributed by atoms with van der Waals surface area (Å²) in [6.07, 6.45) is 3.07. The van der Waals surface area contributed by atoms with Gasteiger partial charge >= 0.3 is 0 Å². The van der Waals surface area contributed by atoms with Crippen molar-refractivity contribution in [1.82, 2.24) is 20.5 Å². The van der Waals surface area contributed by atoms with E-state index in [1.165, 1.54) is 16.2 Å². The monoisotopic (exact) mass is 573 g/mol. The minimum absolute atomic E-state index is 0.101. The number of aromatic nitrogens is 1. The standard InChI is InChI=1S/C27H36FN7O4S/c1-16(2)22(34-24(38)25-32-15-21(40-25)17-8-4-3-5-9-17)26(39)35-13-7-11-19(35)23(37)33-18(20(36)14-28)10-6-12-31-27(29)30/h3-5,8-9,15-16,18-19,22H,6-7,10-14H2,1-2H3,(H,33,37)(H,34,38)(H4,29,30,31)/t18-,19-,22-/m0/s1. The minimum atomic E-state index is -1.23. The molecule has 1 aromatic heterocycles. The van der Waals surface area contributed by atoms with Crippen LogP contribution < -0.4 is 22.1 Å². The van der Waals surface area contributed by atoms with E-state index in [1.54, 1.807) is 20.0 Å². The maximum absolute atomic E-state index is 13.6. The molecule has 1 fully saturated rings. The Hall–Kier alpha value is -3.87. The van der Waals surface area contributed by atoms with Crippen LogP contribution >= 0.6 is 11.3 Å². The lowest BCUT2D eigenvalue weighted by molar-refractivity contribution is -0.141. The molecule has 11 nitrogen and oxygen atoms in total. The molecule has 216 valence electrons. The van der Waals surface area contributed by atoms with Crippen molar-refractivity contribution in [2.24, 2.45) is 22.4 Å². The highest BCUT2D eigenvalue weighted by atomic mass is 32.1. The lowest BCUT2D eigenvalue weighted by atomic mass is 10.0. The van der Waals surface area contributed by atoms with Crippen LogP contribution in [-0.4, -0.2) is 77.2 Å². The molecule has 1 saturated heterocycles.